The van der Waals surface area contributed by atoms with Gasteiger partial charge in [0.15, 0.2) is 0 Å². The third kappa shape index (κ3) is 3.66. The highest BCUT2D eigenvalue weighted by Gasteiger charge is 2.47. The molecule has 1 atom stereocenters. The molecule has 0 spiro atoms. The zero-order chi connectivity index (χ0) is 23.3. The van der Waals surface area contributed by atoms with Gasteiger partial charge in [-0.25, -0.2) is 0 Å². The fraction of sp³-hybridized carbons (Fsp3) is 0.152. The molecule has 0 saturated carbocycles. The van der Waals surface area contributed by atoms with Crippen LogP contribution in [0.5, 0.6) is 0 Å². The number of fused-ring (bicyclic) bond motifs is 3. The quantitative estimate of drug-likeness (QED) is 0.329. The molecule has 0 aromatic heterocycles. The van der Waals surface area contributed by atoms with Crippen LogP contribution in [0.4, 0.5) is 0 Å². The summed E-state index contributed by atoms with van der Waals surface area (Å²) in [7, 11) is 0. The van der Waals surface area contributed by atoms with Crippen molar-refractivity contribution in [3.63, 3.8) is 0 Å². The minimum absolute atomic E-state index is 0.406. The van der Waals surface area contributed by atoms with E-state index >= 15 is 0 Å². The van der Waals surface area contributed by atoms with Crippen molar-refractivity contribution in [1.82, 2.24) is 0 Å². The first-order valence-electron chi connectivity index (χ1n) is 11.8. The van der Waals surface area contributed by atoms with Crippen molar-refractivity contribution in [3.8, 4) is 11.1 Å². The van der Waals surface area contributed by atoms with Crippen molar-refractivity contribution in [3.05, 3.63) is 150 Å². The molecular weight excluding hydrogens is 396 g/mol. The second-order valence-corrected chi connectivity index (χ2v) is 8.30. The predicted octanol–water partition coefficient (Wildman–Crippen LogP) is 9.06. The predicted molar refractivity (Wildman–Crippen MR) is 144 cm³/mol. The van der Waals surface area contributed by atoms with Crippen LogP contribution in [0.15, 0.2) is 127 Å². The van der Waals surface area contributed by atoms with E-state index in [1.165, 1.54) is 44.5 Å². The van der Waals surface area contributed by atoms with Crippen LogP contribution in [-0.4, -0.2) is 0 Å². The maximum atomic E-state index is 4.06. The average molecular weight is 429 g/mol. The normalized spacial score (nSPS) is 18.0. The number of hydrogen-bond acceptors (Lipinski definition) is 0. The Morgan fingerprint density at radius 2 is 1.58 bits per heavy atom. The number of hydrogen-bond donors (Lipinski definition) is 0. The largest absolute Gasteiger partial charge is 0.0991 e. The summed E-state index contributed by atoms with van der Waals surface area (Å²) in [6.07, 6.45) is 16.2. The molecule has 1 aliphatic rings. The Hall–Kier alpha value is -3.64. The van der Waals surface area contributed by atoms with E-state index in [-0.39, 0.29) is 0 Å². The highest BCUT2D eigenvalue weighted by Crippen LogP contribution is 2.58. The third-order valence-corrected chi connectivity index (χ3v) is 6.51. The van der Waals surface area contributed by atoms with Gasteiger partial charge in [-0.3, -0.25) is 0 Å². The van der Waals surface area contributed by atoms with Crippen molar-refractivity contribution >= 4 is 5.57 Å². The van der Waals surface area contributed by atoms with Crippen LogP contribution in [-0.2, 0) is 5.41 Å². The summed E-state index contributed by atoms with van der Waals surface area (Å²) < 4.78 is 0. The zero-order valence-corrected chi connectivity index (χ0v) is 19.9. The van der Waals surface area contributed by atoms with E-state index in [1.54, 1.807) is 0 Å². The molecule has 0 N–H and O–H groups in total. The van der Waals surface area contributed by atoms with Crippen LogP contribution in [0, 0.1) is 0 Å². The zero-order valence-electron chi connectivity index (χ0n) is 19.9. The van der Waals surface area contributed by atoms with E-state index in [2.05, 4.69) is 137 Å². The van der Waals surface area contributed by atoms with Gasteiger partial charge >= 0.3 is 0 Å². The summed E-state index contributed by atoms with van der Waals surface area (Å²) in [6.45, 7) is 10.4. The minimum atomic E-state index is -0.406. The molecule has 0 radical (unpaired) electrons. The lowest BCUT2D eigenvalue weighted by molar-refractivity contribution is 0.766. The van der Waals surface area contributed by atoms with E-state index < -0.39 is 5.41 Å². The van der Waals surface area contributed by atoms with Gasteiger partial charge in [0.05, 0.1) is 5.41 Å². The molecule has 0 amide bonds. The first-order chi connectivity index (χ1) is 16.2. The van der Waals surface area contributed by atoms with Gasteiger partial charge in [0.1, 0.15) is 0 Å². The van der Waals surface area contributed by atoms with Crippen LogP contribution < -0.4 is 0 Å². The lowest BCUT2D eigenvalue weighted by Gasteiger charge is -2.34. The van der Waals surface area contributed by atoms with Crippen molar-refractivity contribution in [2.75, 3.05) is 0 Å². The molecule has 0 bridgehead atoms. The summed E-state index contributed by atoms with van der Waals surface area (Å²) in [5, 5.41) is 0. The van der Waals surface area contributed by atoms with Gasteiger partial charge in [0.25, 0.3) is 0 Å². The second kappa shape index (κ2) is 9.88. The Morgan fingerprint density at radius 3 is 2.27 bits per heavy atom. The molecule has 0 nitrogen and oxygen atoms in total. The summed E-state index contributed by atoms with van der Waals surface area (Å²) in [6, 6.07) is 26.6. The molecule has 0 saturated heterocycles. The Kier molecular flexibility index (Phi) is 6.75. The van der Waals surface area contributed by atoms with E-state index in [1.807, 2.05) is 6.08 Å². The van der Waals surface area contributed by atoms with Gasteiger partial charge < -0.3 is 0 Å². The van der Waals surface area contributed by atoms with Gasteiger partial charge in [-0.2, -0.15) is 0 Å². The third-order valence-electron chi connectivity index (χ3n) is 6.51. The Morgan fingerprint density at radius 1 is 0.848 bits per heavy atom. The fourth-order valence-corrected chi connectivity index (χ4v) is 5.24. The molecule has 3 aromatic rings. The number of benzene rings is 3. The minimum Gasteiger partial charge on any atom is -0.0991 e. The maximum Gasteiger partial charge on any atom is 0.0713 e. The van der Waals surface area contributed by atoms with Crippen LogP contribution in [0.1, 0.15) is 49.4 Å². The van der Waals surface area contributed by atoms with E-state index in [0.29, 0.717) is 0 Å². The number of rotatable bonds is 7. The Bertz CT molecular complexity index is 1260. The van der Waals surface area contributed by atoms with Gasteiger partial charge in [0.2, 0.25) is 0 Å². The smallest absolute Gasteiger partial charge is 0.0713 e. The summed E-state index contributed by atoms with van der Waals surface area (Å²) >= 11 is 0. The van der Waals surface area contributed by atoms with Crippen molar-refractivity contribution in [2.24, 2.45) is 0 Å². The molecule has 0 heterocycles. The molecule has 0 fully saturated rings. The van der Waals surface area contributed by atoms with E-state index in [0.717, 1.165) is 6.42 Å². The van der Waals surface area contributed by atoms with Crippen LogP contribution in [0.2, 0.25) is 0 Å². The van der Waals surface area contributed by atoms with Crippen LogP contribution in [0.3, 0.4) is 0 Å². The Labute approximate surface area is 199 Å². The SMILES string of the molecule is C=C/C=C(\C=C/C)C1(c2ccccc2)c2ccccc2-c2c(C(/C=C\CC)=C/C)cccc21. The molecule has 3 aromatic carbocycles. The van der Waals surface area contributed by atoms with Crippen LogP contribution >= 0.6 is 0 Å². The van der Waals surface area contributed by atoms with Crippen LogP contribution in [0.25, 0.3) is 16.7 Å². The second-order valence-electron chi connectivity index (χ2n) is 8.30. The molecule has 1 unspecified atom stereocenters. The number of allylic oxidation sites excluding steroid dienone is 9. The van der Waals surface area contributed by atoms with Gasteiger partial charge in [-0.15, -0.1) is 0 Å². The molecule has 4 rings (SSSR count). The van der Waals surface area contributed by atoms with E-state index in [4.69, 9.17) is 0 Å². The van der Waals surface area contributed by atoms with E-state index in [9.17, 15) is 0 Å². The molecule has 0 heteroatoms. The fourth-order valence-electron chi connectivity index (χ4n) is 5.24. The first-order valence-corrected chi connectivity index (χ1v) is 11.8. The summed E-state index contributed by atoms with van der Waals surface area (Å²) in [5.74, 6) is 0. The first kappa shape index (κ1) is 22.6. The maximum absolute atomic E-state index is 4.06. The highest BCUT2D eigenvalue weighted by molar-refractivity contribution is 5.95. The van der Waals surface area contributed by atoms with Crippen molar-refractivity contribution < 1.29 is 0 Å². The van der Waals surface area contributed by atoms with Crippen molar-refractivity contribution in [1.29, 1.82) is 0 Å². The van der Waals surface area contributed by atoms with Gasteiger partial charge in [0, 0.05) is 0 Å². The Balaban J connectivity index is 2.19. The monoisotopic (exact) mass is 428 g/mol. The van der Waals surface area contributed by atoms with Gasteiger partial charge in [-0.1, -0.05) is 129 Å². The highest BCUT2D eigenvalue weighted by atomic mass is 14.5. The lowest BCUT2D eigenvalue weighted by Crippen LogP contribution is -2.29. The van der Waals surface area contributed by atoms with Crippen molar-refractivity contribution in [2.45, 2.75) is 32.6 Å². The molecule has 0 aliphatic heterocycles. The average Bonchev–Trinajstić information content (AvgIpc) is 3.17. The topological polar surface area (TPSA) is 0 Å². The van der Waals surface area contributed by atoms with Gasteiger partial charge in [-0.05, 0) is 64.8 Å². The molecule has 164 valence electrons. The summed E-state index contributed by atoms with van der Waals surface area (Å²) in [4.78, 5) is 0. The summed E-state index contributed by atoms with van der Waals surface area (Å²) in [5.41, 5.74) is 9.89. The lowest BCUT2D eigenvalue weighted by atomic mass is 9.66. The molecule has 33 heavy (non-hydrogen) atoms. The molecular formula is C33H32. The standard InChI is InChI=1S/C33H32/c1-5-9-18-25(8-4)28-22-15-24-31-32(28)29-21-13-14-23-30(29)33(31,26(16-6-2)17-7-3)27-19-11-10-12-20-27/h6-24H,2,5H2,1,3-4H3/b17-7-,18-9-,25-8+,26-16+. The molecule has 1 aliphatic carbocycles.